The van der Waals surface area contributed by atoms with Crippen LogP contribution < -0.4 is 10.3 Å². The molecule has 0 spiro atoms. The zero-order chi connectivity index (χ0) is 17.8. The lowest BCUT2D eigenvalue weighted by atomic mass is 10.2. The summed E-state index contributed by atoms with van der Waals surface area (Å²) in [6.45, 7) is 2.12. The van der Waals surface area contributed by atoms with Crippen LogP contribution in [0.25, 0.3) is 0 Å². The maximum Gasteiger partial charge on any atom is 0.254 e. The molecule has 128 valence electrons. The topological polar surface area (TPSA) is 44.1 Å². The summed E-state index contributed by atoms with van der Waals surface area (Å²) in [6, 6.07) is 10.0. The molecule has 25 heavy (non-hydrogen) atoms. The normalized spacial score (nSPS) is 10.7. The van der Waals surface area contributed by atoms with Gasteiger partial charge in [-0.15, -0.1) is 0 Å². The van der Waals surface area contributed by atoms with Crippen LogP contribution in [0.15, 0.2) is 59.7 Å². The summed E-state index contributed by atoms with van der Waals surface area (Å²) in [4.78, 5) is 16.4. The van der Waals surface area contributed by atoms with Gasteiger partial charge in [-0.05, 0) is 36.8 Å². The van der Waals surface area contributed by atoms with Gasteiger partial charge in [0, 0.05) is 35.8 Å². The zero-order valence-corrected chi connectivity index (χ0v) is 13.6. The van der Waals surface area contributed by atoms with Crippen molar-refractivity contribution in [1.82, 2.24) is 9.55 Å². The fourth-order valence-electron chi connectivity index (χ4n) is 2.46. The Morgan fingerprint density at radius 2 is 2.00 bits per heavy atom. The largest absolute Gasteiger partial charge is 0.489 e. The maximum atomic E-state index is 13.6. The van der Waals surface area contributed by atoms with E-state index in [0.29, 0.717) is 18.0 Å². The van der Waals surface area contributed by atoms with Crippen LogP contribution in [0.4, 0.5) is 8.78 Å². The molecular weight excluding hydrogens is 326 g/mol. The van der Waals surface area contributed by atoms with Crippen molar-refractivity contribution in [2.45, 2.75) is 20.1 Å². The SMILES string of the molecule is Cc1cc(OCc2ccc(F)cc2F)cc(=O)n1Cc1cccnc1. The second kappa shape index (κ2) is 7.25. The van der Waals surface area contributed by atoms with Gasteiger partial charge >= 0.3 is 0 Å². The Balaban J connectivity index is 1.76. The quantitative estimate of drug-likeness (QED) is 0.713. The van der Waals surface area contributed by atoms with Crippen LogP contribution in [0.5, 0.6) is 5.75 Å². The number of rotatable bonds is 5. The highest BCUT2D eigenvalue weighted by Gasteiger charge is 2.08. The summed E-state index contributed by atoms with van der Waals surface area (Å²) in [5, 5.41) is 0. The van der Waals surface area contributed by atoms with Crippen LogP contribution in [0.2, 0.25) is 0 Å². The number of hydrogen-bond acceptors (Lipinski definition) is 3. The molecule has 4 nitrogen and oxygen atoms in total. The van der Waals surface area contributed by atoms with Gasteiger partial charge in [-0.1, -0.05) is 6.07 Å². The van der Waals surface area contributed by atoms with Gasteiger partial charge in [0.1, 0.15) is 24.0 Å². The Labute approximate surface area is 143 Å². The van der Waals surface area contributed by atoms with Gasteiger partial charge in [-0.2, -0.15) is 0 Å². The van der Waals surface area contributed by atoms with Crippen molar-refractivity contribution in [3.8, 4) is 5.75 Å². The molecule has 0 fully saturated rings. The summed E-state index contributed by atoms with van der Waals surface area (Å²) >= 11 is 0. The van der Waals surface area contributed by atoms with E-state index in [0.717, 1.165) is 11.6 Å². The number of hydrogen-bond donors (Lipinski definition) is 0. The summed E-state index contributed by atoms with van der Waals surface area (Å²) in [6.07, 6.45) is 3.37. The Morgan fingerprint density at radius 1 is 1.16 bits per heavy atom. The molecule has 6 heteroatoms. The van der Waals surface area contributed by atoms with Crippen molar-refractivity contribution in [3.63, 3.8) is 0 Å². The molecule has 3 rings (SSSR count). The first-order valence-corrected chi connectivity index (χ1v) is 7.70. The number of benzene rings is 1. The van der Waals surface area contributed by atoms with Crippen molar-refractivity contribution < 1.29 is 13.5 Å². The van der Waals surface area contributed by atoms with Crippen LogP contribution in [0, 0.1) is 18.6 Å². The molecule has 3 aromatic rings. The third kappa shape index (κ3) is 4.09. The molecular formula is C19H16F2N2O2. The molecule has 0 bridgehead atoms. The Bertz CT molecular complexity index is 940. The molecule has 2 heterocycles. The molecule has 0 aliphatic rings. The lowest BCUT2D eigenvalue weighted by Crippen LogP contribution is -2.22. The number of ether oxygens (including phenoxy) is 1. The molecule has 0 saturated carbocycles. The van der Waals surface area contributed by atoms with Crippen LogP contribution in [0.1, 0.15) is 16.8 Å². The first-order valence-electron chi connectivity index (χ1n) is 7.70. The van der Waals surface area contributed by atoms with E-state index in [4.69, 9.17) is 4.74 Å². The van der Waals surface area contributed by atoms with Crippen molar-refractivity contribution in [2.24, 2.45) is 0 Å². The molecule has 0 N–H and O–H groups in total. The standard InChI is InChI=1S/C19H16F2N2O2/c1-13-7-17(25-12-15-4-5-16(20)8-18(15)21)9-19(24)23(13)11-14-3-2-6-22-10-14/h2-10H,11-12H2,1H3. The molecule has 2 aromatic heterocycles. The molecule has 1 aromatic carbocycles. The van der Waals surface area contributed by atoms with Gasteiger partial charge in [-0.3, -0.25) is 9.78 Å². The van der Waals surface area contributed by atoms with E-state index in [1.165, 1.54) is 18.2 Å². The van der Waals surface area contributed by atoms with E-state index in [1.807, 2.05) is 12.1 Å². The first-order chi connectivity index (χ1) is 12.0. The van der Waals surface area contributed by atoms with Crippen molar-refractivity contribution >= 4 is 0 Å². The predicted molar refractivity (Wildman–Crippen MR) is 89.5 cm³/mol. The lowest BCUT2D eigenvalue weighted by molar-refractivity contribution is 0.298. The summed E-state index contributed by atoms with van der Waals surface area (Å²) in [7, 11) is 0. The van der Waals surface area contributed by atoms with Gasteiger partial charge in [0.05, 0.1) is 6.54 Å². The molecule has 0 aliphatic carbocycles. The van der Waals surface area contributed by atoms with E-state index in [9.17, 15) is 13.6 Å². The molecule has 0 unspecified atom stereocenters. The predicted octanol–water partition coefficient (Wildman–Crippen LogP) is 3.46. The summed E-state index contributed by atoms with van der Waals surface area (Å²) < 4.78 is 33.6. The third-order valence-corrected chi connectivity index (χ3v) is 3.78. The number of aryl methyl sites for hydroxylation is 1. The molecule has 0 atom stereocenters. The Kier molecular flexibility index (Phi) is 4.88. The van der Waals surface area contributed by atoms with Crippen LogP contribution in [-0.4, -0.2) is 9.55 Å². The average Bonchev–Trinajstić information content (AvgIpc) is 2.58. The lowest BCUT2D eigenvalue weighted by Gasteiger charge is -2.13. The second-order valence-corrected chi connectivity index (χ2v) is 5.64. The molecule has 0 saturated heterocycles. The van der Waals surface area contributed by atoms with E-state index < -0.39 is 11.6 Å². The molecule has 0 aliphatic heterocycles. The molecule has 0 radical (unpaired) electrons. The first kappa shape index (κ1) is 16.8. The summed E-state index contributed by atoms with van der Waals surface area (Å²) in [5.74, 6) is -0.981. The second-order valence-electron chi connectivity index (χ2n) is 5.64. The number of pyridine rings is 2. The van der Waals surface area contributed by atoms with Gasteiger partial charge < -0.3 is 9.30 Å². The monoisotopic (exact) mass is 342 g/mol. The Hall–Kier alpha value is -3.02. The van der Waals surface area contributed by atoms with Gasteiger partial charge in [0.15, 0.2) is 0 Å². The zero-order valence-electron chi connectivity index (χ0n) is 13.6. The molecule has 0 amide bonds. The van der Waals surface area contributed by atoms with E-state index in [2.05, 4.69) is 4.98 Å². The Morgan fingerprint density at radius 3 is 2.68 bits per heavy atom. The summed E-state index contributed by atoms with van der Waals surface area (Å²) in [5.41, 5.74) is 1.62. The minimum Gasteiger partial charge on any atom is -0.489 e. The van der Waals surface area contributed by atoms with E-state index >= 15 is 0 Å². The van der Waals surface area contributed by atoms with Crippen molar-refractivity contribution in [2.75, 3.05) is 0 Å². The highest BCUT2D eigenvalue weighted by molar-refractivity contribution is 5.26. The van der Waals surface area contributed by atoms with Crippen LogP contribution in [0.3, 0.4) is 0 Å². The average molecular weight is 342 g/mol. The van der Waals surface area contributed by atoms with Gasteiger partial charge in [0.25, 0.3) is 5.56 Å². The minimum absolute atomic E-state index is 0.0857. The van der Waals surface area contributed by atoms with E-state index in [-0.39, 0.29) is 17.7 Å². The van der Waals surface area contributed by atoms with Crippen LogP contribution in [-0.2, 0) is 13.2 Å². The van der Waals surface area contributed by atoms with E-state index in [1.54, 1.807) is 30.0 Å². The fourth-order valence-corrected chi connectivity index (χ4v) is 2.46. The number of nitrogens with zero attached hydrogens (tertiary/aromatic N) is 2. The number of halogens is 2. The maximum absolute atomic E-state index is 13.6. The highest BCUT2D eigenvalue weighted by Crippen LogP contribution is 2.16. The van der Waals surface area contributed by atoms with Crippen molar-refractivity contribution in [1.29, 1.82) is 0 Å². The minimum atomic E-state index is -0.679. The smallest absolute Gasteiger partial charge is 0.254 e. The highest BCUT2D eigenvalue weighted by atomic mass is 19.1. The fraction of sp³-hybridized carbons (Fsp3) is 0.158. The van der Waals surface area contributed by atoms with Crippen molar-refractivity contribution in [3.05, 3.63) is 93.7 Å². The van der Waals surface area contributed by atoms with Crippen LogP contribution >= 0.6 is 0 Å². The number of aromatic nitrogens is 2. The van der Waals surface area contributed by atoms with Gasteiger partial charge in [-0.25, -0.2) is 8.78 Å². The van der Waals surface area contributed by atoms with Gasteiger partial charge in [0.2, 0.25) is 0 Å². The third-order valence-electron chi connectivity index (χ3n) is 3.78.